The second-order valence-electron chi connectivity index (χ2n) is 6.48. The number of hydrogen-bond donors (Lipinski definition) is 0. The van der Waals surface area contributed by atoms with Crippen LogP contribution in [0.25, 0.3) is 11.3 Å². The molecule has 2 aromatic heterocycles. The minimum Gasteiger partial charge on any atom is -0.464 e. The molecule has 9 heteroatoms. The first-order valence-electron chi connectivity index (χ1n) is 7.53. The van der Waals surface area contributed by atoms with Crippen molar-refractivity contribution in [3.05, 3.63) is 28.6 Å². The van der Waals surface area contributed by atoms with Gasteiger partial charge in [-0.05, 0) is 28.0 Å². The number of halogens is 1. The summed E-state index contributed by atoms with van der Waals surface area (Å²) in [7, 11) is 0.172. The first kappa shape index (κ1) is 18.8. The van der Waals surface area contributed by atoms with E-state index in [0.29, 0.717) is 22.5 Å². The minimum absolute atomic E-state index is 0.187. The average molecular weight is 413 g/mol. The fourth-order valence-electron chi connectivity index (χ4n) is 1.97. The van der Waals surface area contributed by atoms with Crippen LogP contribution in [0.3, 0.4) is 0 Å². The summed E-state index contributed by atoms with van der Waals surface area (Å²) in [5.41, 5.74) is 1.67. The largest absolute Gasteiger partial charge is 0.464 e. The van der Waals surface area contributed by atoms with Crippen LogP contribution < -0.4 is 0 Å². The Kier molecular flexibility index (Phi) is 6.25. The Morgan fingerprint density at radius 3 is 2.67 bits per heavy atom. The molecule has 0 unspecified atom stereocenters. The highest BCUT2D eigenvalue weighted by Gasteiger charge is 2.24. The molecular formula is C15H21BrN4O3Si. The first-order valence-corrected chi connectivity index (χ1v) is 12.0. The summed E-state index contributed by atoms with van der Waals surface area (Å²) < 4.78 is 12.6. The van der Waals surface area contributed by atoms with E-state index in [1.54, 1.807) is 18.5 Å². The number of carbonyl (C=O) groups is 1. The van der Waals surface area contributed by atoms with Crippen LogP contribution in [0.5, 0.6) is 0 Å². The molecule has 0 bridgehead atoms. The Morgan fingerprint density at radius 1 is 1.33 bits per heavy atom. The van der Waals surface area contributed by atoms with Gasteiger partial charge in [0.2, 0.25) is 0 Å². The fourth-order valence-corrected chi connectivity index (χ4v) is 3.40. The molecule has 0 spiro atoms. The summed E-state index contributed by atoms with van der Waals surface area (Å²) in [5, 5.41) is 12.1. The number of nitrogens with zero attached hydrogens (tertiary/aromatic N) is 4. The molecule has 0 aliphatic rings. The van der Waals surface area contributed by atoms with Gasteiger partial charge in [0.25, 0.3) is 0 Å². The highest BCUT2D eigenvalue weighted by molar-refractivity contribution is 9.10. The molecular weight excluding hydrogens is 392 g/mol. The van der Waals surface area contributed by atoms with E-state index in [0.717, 1.165) is 11.6 Å². The molecule has 2 aromatic rings. The quantitative estimate of drug-likeness (QED) is 0.394. The zero-order valence-corrected chi connectivity index (χ0v) is 16.8. The van der Waals surface area contributed by atoms with Crippen molar-refractivity contribution < 1.29 is 14.3 Å². The lowest BCUT2D eigenvalue weighted by molar-refractivity contribution is 0.0516. The molecule has 130 valence electrons. The lowest BCUT2D eigenvalue weighted by Crippen LogP contribution is -2.22. The van der Waals surface area contributed by atoms with Gasteiger partial charge in [-0.3, -0.25) is 0 Å². The van der Waals surface area contributed by atoms with E-state index in [1.165, 1.54) is 11.8 Å². The molecule has 0 saturated carbocycles. The van der Waals surface area contributed by atoms with E-state index in [-0.39, 0.29) is 6.73 Å². The Morgan fingerprint density at radius 2 is 2.08 bits per heavy atom. The van der Waals surface area contributed by atoms with Crippen molar-refractivity contribution in [2.24, 2.45) is 0 Å². The molecule has 0 saturated heterocycles. The molecule has 0 fully saturated rings. The van der Waals surface area contributed by atoms with Gasteiger partial charge in [-0.25, -0.2) is 9.48 Å². The number of aromatic nitrogens is 4. The molecule has 2 heterocycles. The van der Waals surface area contributed by atoms with Crippen molar-refractivity contribution in [3.8, 4) is 11.3 Å². The first-order chi connectivity index (χ1) is 11.3. The van der Waals surface area contributed by atoms with Crippen LogP contribution in [-0.2, 0) is 16.2 Å². The Bertz CT molecular complexity index is 701. The SMILES string of the molecule is COC(=O)c1c(Br)c(-c2ccnnc2)nn1COCC[Si](C)(C)C. The molecule has 24 heavy (non-hydrogen) atoms. The van der Waals surface area contributed by atoms with Crippen LogP contribution in [0, 0.1) is 0 Å². The van der Waals surface area contributed by atoms with Gasteiger partial charge >= 0.3 is 5.97 Å². The number of methoxy groups -OCH3 is 1. The molecule has 0 amide bonds. The second kappa shape index (κ2) is 7.99. The van der Waals surface area contributed by atoms with Gasteiger partial charge in [0.1, 0.15) is 12.4 Å². The Hall–Kier alpha value is -1.58. The van der Waals surface area contributed by atoms with E-state index < -0.39 is 14.0 Å². The zero-order chi connectivity index (χ0) is 17.7. The molecule has 0 N–H and O–H groups in total. The fraction of sp³-hybridized carbons (Fsp3) is 0.467. The maximum absolute atomic E-state index is 12.1. The van der Waals surface area contributed by atoms with Crippen LogP contribution in [0.4, 0.5) is 0 Å². The van der Waals surface area contributed by atoms with Crippen molar-refractivity contribution in [3.63, 3.8) is 0 Å². The van der Waals surface area contributed by atoms with Crippen LogP contribution in [0.1, 0.15) is 10.5 Å². The van der Waals surface area contributed by atoms with E-state index >= 15 is 0 Å². The van der Waals surface area contributed by atoms with Gasteiger partial charge in [0, 0.05) is 20.2 Å². The van der Waals surface area contributed by atoms with Gasteiger partial charge in [-0.2, -0.15) is 15.3 Å². The van der Waals surface area contributed by atoms with Crippen LogP contribution in [-0.4, -0.2) is 47.7 Å². The Balaban J connectivity index is 2.24. The molecule has 0 aliphatic carbocycles. The monoisotopic (exact) mass is 412 g/mol. The van der Waals surface area contributed by atoms with E-state index in [4.69, 9.17) is 9.47 Å². The standard InChI is InChI=1S/C15H21BrN4O3Si/c1-22-15(21)14-12(16)13(11-5-6-17-18-9-11)19-20(14)10-23-7-8-24(2,3)4/h5-6,9H,7-8,10H2,1-4H3. The summed E-state index contributed by atoms with van der Waals surface area (Å²) in [6.07, 6.45) is 3.16. The van der Waals surface area contributed by atoms with Crippen molar-refractivity contribution in [2.45, 2.75) is 32.4 Å². The van der Waals surface area contributed by atoms with Crippen molar-refractivity contribution in [2.75, 3.05) is 13.7 Å². The van der Waals surface area contributed by atoms with Gasteiger partial charge in [0.05, 0.1) is 24.0 Å². The van der Waals surface area contributed by atoms with Crippen molar-refractivity contribution in [1.82, 2.24) is 20.0 Å². The molecule has 2 rings (SSSR count). The Labute approximate surface area is 150 Å². The zero-order valence-electron chi connectivity index (χ0n) is 14.2. The third kappa shape index (κ3) is 4.71. The van der Waals surface area contributed by atoms with Gasteiger partial charge in [-0.15, -0.1) is 0 Å². The maximum Gasteiger partial charge on any atom is 0.357 e. The summed E-state index contributed by atoms with van der Waals surface area (Å²) in [5.74, 6) is -0.476. The summed E-state index contributed by atoms with van der Waals surface area (Å²) >= 11 is 3.44. The lowest BCUT2D eigenvalue weighted by Gasteiger charge is -2.15. The maximum atomic E-state index is 12.1. The van der Waals surface area contributed by atoms with Crippen LogP contribution >= 0.6 is 15.9 Å². The number of ether oxygens (including phenoxy) is 2. The molecule has 7 nitrogen and oxygen atoms in total. The van der Waals surface area contributed by atoms with Gasteiger partial charge < -0.3 is 9.47 Å². The minimum atomic E-state index is -1.17. The normalized spacial score (nSPS) is 11.5. The molecule has 0 atom stereocenters. The highest BCUT2D eigenvalue weighted by Crippen LogP contribution is 2.30. The summed E-state index contributed by atoms with van der Waals surface area (Å²) in [6.45, 7) is 7.69. The number of hydrogen-bond acceptors (Lipinski definition) is 6. The number of esters is 1. The number of rotatable bonds is 7. The highest BCUT2D eigenvalue weighted by atomic mass is 79.9. The molecule has 0 radical (unpaired) electrons. The van der Waals surface area contributed by atoms with Gasteiger partial charge in [0.15, 0.2) is 5.69 Å². The third-order valence-corrected chi connectivity index (χ3v) is 5.80. The second-order valence-corrected chi connectivity index (χ2v) is 12.9. The van der Waals surface area contributed by atoms with E-state index in [2.05, 4.69) is 50.9 Å². The summed E-state index contributed by atoms with van der Waals surface area (Å²) in [6, 6.07) is 2.82. The lowest BCUT2D eigenvalue weighted by atomic mass is 10.2. The average Bonchev–Trinajstić information content (AvgIpc) is 2.87. The van der Waals surface area contributed by atoms with Gasteiger partial charge in [-0.1, -0.05) is 19.6 Å². The van der Waals surface area contributed by atoms with Crippen molar-refractivity contribution in [1.29, 1.82) is 0 Å². The topological polar surface area (TPSA) is 79.1 Å². The van der Waals surface area contributed by atoms with Crippen LogP contribution in [0.15, 0.2) is 22.9 Å². The van der Waals surface area contributed by atoms with E-state index in [1.807, 2.05) is 0 Å². The van der Waals surface area contributed by atoms with Crippen molar-refractivity contribution >= 4 is 30.0 Å². The summed E-state index contributed by atoms with van der Waals surface area (Å²) in [4.78, 5) is 12.1. The number of carbonyl (C=O) groups excluding carboxylic acids is 1. The third-order valence-electron chi connectivity index (χ3n) is 3.34. The molecule has 0 aliphatic heterocycles. The van der Waals surface area contributed by atoms with E-state index in [9.17, 15) is 4.79 Å². The predicted octanol–water partition coefficient (Wildman–Crippen LogP) is 3.20. The molecule has 0 aromatic carbocycles. The van der Waals surface area contributed by atoms with Crippen LogP contribution in [0.2, 0.25) is 25.7 Å². The smallest absolute Gasteiger partial charge is 0.357 e. The predicted molar refractivity (Wildman–Crippen MR) is 96.4 cm³/mol.